The molecule has 31 heavy (non-hydrogen) atoms. The Morgan fingerprint density at radius 3 is 2.74 bits per heavy atom. The van der Waals surface area contributed by atoms with Crippen LogP contribution >= 0.6 is 0 Å². The van der Waals surface area contributed by atoms with Gasteiger partial charge in [0.25, 0.3) is 5.91 Å². The van der Waals surface area contributed by atoms with Crippen molar-refractivity contribution in [2.75, 3.05) is 5.32 Å². The minimum atomic E-state index is -0.645. The number of nitrogens with zero attached hydrogens (tertiary/aromatic N) is 7. The first-order chi connectivity index (χ1) is 15.1. The van der Waals surface area contributed by atoms with Crippen LogP contribution in [-0.2, 0) is 7.05 Å². The lowest BCUT2D eigenvalue weighted by atomic mass is 10.1. The van der Waals surface area contributed by atoms with Crippen LogP contribution in [0.15, 0.2) is 67.4 Å². The molecule has 0 saturated carbocycles. The van der Waals surface area contributed by atoms with E-state index in [2.05, 4.69) is 30.5 Å². The van der Waals surface area contributed by atoms with Gasteiger partial charge in [-0.1, -0.05) is 30.3 Å². The summed E-state index contributed by atoms with van der Waals surface area (Å²) in [5.41, 5.74) is 2.39. The van der Waals surface area contributed by atoms with Crippen LogP contribution in [0.3, 0.4) is 0 Å². The van der Waals surface area contributed by atoms with Crippen LogP contribution in [-0.4, -0.2) is 40.3 Å². The maximum Gasteiger partial charge on any atom is 0.274 e. The summed E-state index contributed by atoms with van der Waals surface area (Å²) >= 11 is 0. The topological polar surface area (TPSA) is 103 Å². The van der Waals surface area contributed by atoms with E-state index in [4.69, 9.17) is 0 Å². The van der Waals surface area contributed by atoms with Crippen molar-refractivity contribution in [1.29, 1.82) is 0 Å². The summed E-state index contributed by atoms with van der Waals surface area (Å²) in [5.74, 6) is -0.722. The predicted molar refractivity (Wildman–Crippen MR) is 111 cm³/mol. The number of amides is 1. The van der Waals surface area contributed by atoms with Gasteiger partial charge in [0.2, 0.25) is 0 Å². The molecule has 0 atom stereocenters. The fourth-order valence-electron chi connectivity index (χ4n) is 3.22. The Balaban J connectivity index is 1.49. The largest absolute Gasteiger partial charge is 0.318 e. The van der Waals surface area contributed by atoms with E-state index in [1.54, 1.807) is 7.05 Å². The maximum absolute atomic E-state index is 14.7. The highest BCUT2D eigenvalue weighted by Crippen LogP contribution is 2.24. The Kier molecular flexibility index (Phi) is 4.43. The lowest BCUT2D eigenvalue weighted by Gasteiger charge is -2.08. The average molecular weight is 414 g/mol. The molecule has 0 aliphatic heterocycles. The number of benzene rings is 1. The van der Waals surface area contributed by atoms with Crippen molar-refractivity contribution >= 4 is 17.2 Å². The van der Waals surface area contributed by atoms with Crippen molar-refractivity contribution in [2.24, 2.45) is 7.05 Å². The molecular weight excluding hydrogens is 399 g/mol. The van der Waals surface area contributed by atoms with Crippen LogP contribution in [0, 0.1) is 5.82 Å². The van der Waals surface area contributed by atoms with Gasteiger partial charge >= 0.3 is 0 Å². The molecule has 10 heteroatoms. The molecule has 0 unspecified atom stereocenters. The predicted octanol–water partition coefficient (Wildman–Crippen LogP) is 2.98. The van der Waals surface area contributed by atoms with E-state index in [1.807, 2.05) is 30.3 Å². The lowest BCUT2D eigenvalue weighted by molar-refractivity contribution is 0.101. The molecular formula is C21H15FN8O. The first-order valence-electron chi connectivity index (χ1n) is 9.31. The quantitative estimate of drug-likeness (QED) is 0.485. The van der Waals surface area contributed by atoms with E-state index in [-0.39, 0.29) is 11.4 Å². The molecule has 0 spiro atoms. The van der Waals surface area contributed by atoms with Gasteiger partial charge in [0.1, 0.15) is 5.69 Å². The SMILES string of the molecule is Cn1ncc(-c2cnccn2)c1C(=O)Nc1cc2nc(-c3ccccc3)nn2cc1F. The van der Waals surface area contributed by atoms with Gasteiger partial charge < -0.3 is 5.32 Å². The summed E-state index contributed by atoms with van der Waals surface area (Å²) in [6.07, 6.45) is 7.28. The first-order valence-corrected chi connectivity index (χ1v) is 9.31. The molecule has 1 aromatic carbocycles. The Bertz CT molecular complexity index is 1400. The van der Waals surface area contributed by atoms with E-state index < -0.39 is 11.7 Å². The number of rotatable bonds is 4. The van der Waals surface area contributed by atoms with E-state index in [0.29, 0.717) is 22.7 Å². The number of carbonyl (C=O) groups is 1. The fourth-order valence-corrected chi connectivity index (χ4v) is 3.22. The molecule has 5 aromatic rings. The van der Waals surface area contributed by atoms with E-state index in [1.165, 1.54) is 46.2 Å². The molecule has 0 fully saturated rings. The summed E-state index contributed by atoms with van der Waals surface area (Å²) in [6.45, 7) is 0. The number of nitrogens with one attached hydrogen (secondary N) is 1. The Labute approximate surface area is 175 Å². The smallest absolute Gasteiger partial charge is 0.274 e. The molecule has 9 nitrogen and oxygen atoms in total. The molecule has 0 radical (unpaired) electrons. The monoisotopic (exact) mass is 414 g/mol. The van der Waals surface area contributed by atoms with Crippen LogP contribution in [0.4, 0.5) is 10.1 Å². The molecule has 1 N–H and O–H groups in total. The van der Waals surface area contributed by atoms with Gasteiger partial charge in [-0.15, -0.1) is 5.10 Å². The minimum Gasteiger partial charge on any atom is -0.318 e. The molecule has 5 rings (SSSR count). The Morgan fingerprint density at radius 1 is 1.13 bits per heavy atom. The third-order valence-corrected chi connectivity index (χ3v) is 4.70. The highest BCUT2D eigenvalue weighted by atomic mass is 19.1. The van der Waals surface area contributed by atoms with Crippen LogP contribution in [0.2, 0.25) is 0 Å². The number of pyridine rings is 1. The minimum absolute atomic E-state index is 0.0178. The lowest BCUT2D eigenvalue weighted by Crippen LogP contribution is -2.18. The van der Waals surface area contributed by atoms with Gasteiger partial charge in [0.15, 0.2) is 17.3 Å². The second-order valence-electron chi connectivity index (χ2n) is 6.71. The van der Waals surface area contributed by atoms with Crippen molar-refractivity contribution in [3.63, 3.8) is 0 Å². The number of fused-ring (bicyclic) bond motifs is 1. The van der Waals surface area contributed by atoms with Crippen molar-refractivity contribution in [2.45, 2.75) is 0 Å². The van der Waals surface area contributed by atoms with Gasteiger partial charge in [-0.25, -0.2) is 13.9 Å². The van der Waals surface area contributed by atoms with Crippen LogP contribution in [0.5, 0.6) is 0 Å². The van der Waals surface area contributed by atoms with Gasteiger partial charge in [-0.2, -0.15) is 5.10 Å². The zero-order valence-electron chi connectivity index (χ0n) is 16.3. The third-order valence-electron chi connectivity index (χ3n) is 4.70. The second-order valence-corrected chi connectivity index (χ2v) is 6.71. The molecule has 0 aliphatic rings. The van der Waals surface area contributed by atoms with Crippen molar-refractivity contribution in [3.8, 4) is 22.6 Å². The molecule has 0 bridgehead atoms. The number of carbonyl (C=O) groups excluding carboxylic acids is 1. The normalized spacial score (nSPS) is 11.0. The summed E-state index contributed by atoms with van der Waals surface area (Å²) in [7, 11) is 1.62. The first kappa shape index (κ1) is 18.6. The van der Waals surface area contributed by atoms with Gasteiger partial charge in [0, 0.05) is 31.1 Å². The standard InChI is InChI=1S/C21H15FN8O/c1-29-19(14(10-25-29)17-11-23-7-8-24-17)21(31)26-16-9-18-27-20(13-5-3-2-4-6-13)28-30(18)12-15(16)22/h2-12H,1H3,(H,26,31). The zero-order chi connectivity index (χ0) is 21.4. The van der Waals surface area contributed by atoms with Crippen LogP contribution in [0.1, 0.15) is 10.5 Å². The third kappa shape index (κ3) is 3.39. The zero-order valence-corrected chi connectivity index (χ0v) is 16.3. The molecule has 152 valence electrons. The number of hydrogen-bond acceptors (Lipinski definition) is 6. The highest BCUT2D eigenvalue weighted by molar-refractivity contribution is 6.07. The molecule has 1 amide bonds. The second kappa shape index (κ2) is 7.41. The Morgan fingerprint density at radius 2 is 1.97 bits per heavy atom. The maximum atomic E-state index is 14.7. The van der Waals surface area contributed by atoms with Crippen molar-refractivity contribution in [3.05, 3.63) is 78.9 Å². The highest BCUT2D eigenvalue weighted by Gasteiger charge is 2.21. The van der Waals surface area contributed by atoms with Crippen LogP contribution < -0.4 is 5.32 Å². The number of anilines is 1. The summed E-state index contributed by atoms with van der Waals surface area (Å²) in [6, 6.07) is 10.8. The summed E-state index contributed by atoms with van der Waals surface area (Å²) in [4.78, 5) is 25.6. The Hall–Kier alpha value is -4.47. The number of hydrogen-bond donors (Lipinski definition) is 1. The molecule has 0 saturated heterocycles. The number of halogens is 1. The van der Waals surface area contributed by atoms with Crippen molar-refractivity contribution in [1.82, 2.24) is 34.3 Å². The van der Waals surface area contributed by atoms with E-state index in [9.17, 15) is 9.18 Å². The molecule has 0 aliphatic carbocycles. The van der Waals surface area contributed by atoms with Crippen LogP contribution in [0.25, 0.3) is 28.3 Å². The summed E-state index contributed by atoms with van der Waals surface area (Å²) < 4.78 is 17.4. The van der Waals surface area contributed by atoms with E-state index >= 15 is 0 Å². The average Bonchev–Trinajstić information content (AvgIpc) is 3.38. The number of aryl methyl sites for hydroxylation is 1. The molecule has 4 heterocycles. The summed E-state index contributed by atoms with van der Waals surface area (Å²) in [5, 5.41) is 11.0. The van der Waals surface area contributed by atoms with Gasteiger partial charge in [-0.3, -0.25) is 19.4 Å². The van der Waals surface area contributed by atoms with Crippen molar-refractivity contribution < 1.29 is 9.18 Å². The fraction of sp³-hybridized carbons (Fsp3) is 0.0476. The van der Waals surface area contributed by atoms with E-state index in [0.717, 1.165) is 5.56 Å². The van der Waals surface area contributed by atoms with Gasteiger partial charge in [0.05, 0.1) is 35.5 Å². The number of aromatic nitrogens is 7. The van der Waals surface area contributed by atoms with Gasteiger partial charge in [-0.05, 0) is 0 Å². The molecule has 4 aromatic heterocycles.